The molecule has 20 heavy (non-hydrogen) atoms. The molecule has 0 amide bonds. The Kier molecular flexibility index (Phi) is 3.85. The van der Waals surface area contributed by atoms with Gasteiger partial charge >= 0.3 is 0 Å². The molecule has 104 valence electrons. The Bertz CT molecular complexity index is 541. The van der Waals surface area contributed by atoms with E-state index in [-0.39, 0.29) is 0 Å². The van der Waals surface area contributed by atoms with Crippen LogP contribution >= 0.6 is 0 Å². The van der Waals surface area contributed by atoms with Crippen molar-refractivity contribution in [3.05, 3.63) is 60.2 Å². The lowest BCUT2D eigenvalue weighted by atomic mass is 10.0. The van der Waals surface area contributed by atoms with Crippen molar-refractivity contribution in [1.82, 2.24) is 10.9 Å². The summed E-state index contributed by atoms with van der Waals surface area (Å²) in [4.78, 5) is 0. The topological polar surface area (TPSA) is 59.3 Å². The number of ether oxygens (including phenoxy) is 1. The Morgan fingerprint density at radius 3 is 2.50 bits per heavy atom. The van der Waals surface area contributed by atoms with Crippen molar-refractivity contribution in [2.75, 3.05) is 12.3 Å². The van der Waals surface area contributed by atoms with Crippen molar-refractivity contribution >= 4 is 5.69 Å². The van der Waals surface area contributed by atoms with E-state index in [9.17, 15) is 0 Å². The van der Waals surface area contributed by atoms with E-state index in [4.69, 9.17) is 10.5 Å². The Hall–Kier alpha value is -2.04. The number of nitrogens with two attached hydrogens (primary N) is 1. The molecule has 0 saturated carbocycles. The summed E-state index contributed by atoms with van der Waals surface area (Å²) in [6.07, 6.45) is 1.01. The van der Waals surface area contributed by atoms with Crippen molar-refractivity contribution in [2.45, 2.75) is 18.5 Å². The van der Waals surface area contributed by atoms with Gasteiger partial charge in [0, 0.05) is 11.7 Å². The highest BCUT2D eigenvalue weighted by Gasteiger charge is 2.25. The van der Waals surface area contributed by atoms with Crippen molar-refractivity contribution in [2.24, 2.45) is 0 Å². The fraction of sp³-hybridized carbons (Fsp3) is 0.250. The molecule has 2 atom stereocenters. The molecular weight excluding hydrogens is 250 g/mol. The molecule has 0 spiro atoms. The third-order valence-corrected chi connectivity index (χ3v) is 3.52. The number of benzene rings is 2. The van der Waals surface area contributed by atoms with Gasteiger partial charge in [-0.25, -0.2) is 5.43 Å². The van der Waals surface area contributed by atoms with Crippen LogP contribution in [0.5, 0.6) is 5.75 Å². The maximum atomic E-state index is 5.77. The summed E-state index contributed by atoms with van der Waals surface area (Å²) in [6.45, 7) is 0.639. The van der Waals surface area contributed by atoms with Gasteiger partial charge in [0.15, 0.2) is 0 Å². The number of nitrogen functional groups attached to an aromatic ring is 1. The Morgan fingerprint density at radius 2 is 1.75 bits per heavy atom. The SMILES string of the molecule is Nc1ccc(OCC2CC(c3ccccc3)NN2)cc1. The van der Waals surface area contributed by atoms with Gasteiger partial charge in [-0.1, -0.05) is 30.3 Å². The first-order valence-corrected chi connectivity index (χ1v) is 6.85. The number of hydrogen-bond acceptors (Lipinski definition) is 4. The highest BCUT2D eigenvalue weighted by molar-refractivity contribution is 5.41. The predicted molar refractivity (Wildman–Crippen MR) is 80.2 cm³/mol. The number of nitrogens with one attached hydrogen (secondary N) is 2. The maximum absolute atomic E-state index is 5.77. The molecule has 2 aromatic rings. The average molecular weight is 269 g/mol. The first-order valence-electron chi connectivity index (χ1n) is 6.85. The van der Waals surface area contributed by atoms with E-state index in [1.165, 1.54) is 5.56 Å². The van der Waals surface area contributed by atoms with Gasteiger partial charge in [0.2, 0.25) is 0 Å². The van der Waals surface area contributed by atoms with Gasteiger partial charge in [-0.3, -0.25) is 5.43 Å². The molecule has 4 nitrogen and oxygen atoms in total. The van der Waals surface area contributed by atoms with Crippen molar-refractivity contribution in [1.29, 1.82) is 0 Å². The summed E-state index contributed by atoms with van der Waals surface area (Å²) in [7, 11) is 0. The normalized spacial score (nSPS) is 21.8. The van der Waals surface area contributed by atoms with Crippen LogP contribution in [-0.2, 0) is 0 Å². The van der Waals surface area contributed by atoms with E-state index in [0.717, 1.165) is 17.9 Å². The molecule has 2 aromatic carbocycles. The van der Waals surface area contributed by atoms with Gasteiger partial charge in [0.1, 0.15) is 12.4 Å². The number of hydrogen-bond donors (Lipinski definition) is 3. The predicted octanol–water partition coefficient (Wildman–Crippen LogP) is 2.26. The lowest BCUT2D eigenvalue weighted by molar-refractivity contribution is 0.273. The first kappa shape index (κ1) is 13.0. The summed E-state index contributed by atoms with van der Waals surface area (Å²) in [6, 6.07) is 18.6. The molecule has 0 radical (unpaired) electrons. The Balaban J connectivity index is 1.52. The molecule has 0 bridgehead atoms. The van der Waals surface area contributed by atoms with Crippen LogP contribution in [0.1, 0.15) is 18.0 Å². The first-order chi connectivity index (χ1) is 9.81. The Labute approximate surface area is 118 Å². The van der Waals surface area contributed by atoms with Gasteiger partial charge in [0.05, 0.1) is 6.04 Å². The molecular formula is C16H19N3O. The maximum Gasteiger partial charge on any atom is 0.119 e. The van der Waals surface area contributed by atoms with Crippen molar-refractivity contribution < 1.29 is 4.74 Å². The zero-order chi connectivity index (χ0) is 13.8. The average Bonchev–Trinajstić information content (AvgIpc) is 2.97. The summed E-state index contributed by atoms with van der Waals surface area (Å²) in [5.41, 5.74) is 14.3. The van der Waals surface area contributed by atoms with E-state index in [1.54, 1.807) is 0 Å². The van der Waals surface area contributed by atoms with Gasteiger partial charge in [-0.05, 0) is 36.2 Å². The fourth-order valence-electron chi connectivity index (χ4n) is 2.40. The van der Waals surface area contributed by atoms with Crippen LogP contribution < -0.4 is 21.3 Å². The van der Waals surface area contributed by atoms with E-state index in [2.05, 4.69) is 35.1 Å². The number of hydrazine groups is 1. The van der Waals surface area contributed by atoms with Crippen molar-refractivity contribution in [3.8, 4) is 5.75 Å². The van der Waals surface area contributed by atoms with Gasteiger partial charge < -0.3 is 10.5 Å². The van der Waals surface area contributed by atoms with Crippen LogP contribution in [-0.4, -0.2) is 12.6 Å². The third kappa shape index (κ3) is 3.10. The van der Waals surface area contributed by atoms with Crippen LogP contribution in [0, 0.1) is 0 Å². The minimum Gasteiger partial charge on any atom is -0.492 e. The van der Waals surface area contributed by atoms with E-state index < -0.39 is 0 Å². The lowest BCUT2D eigenvalue weighted by Crippen LogP contribution is -2.34. The zero-order valence-electron chi connectivity index (χ0n) is 11.3. The molecule has 1 saturated heterocycles. The minimum atomic E-state index is 0.303. The van der Waals surface area contributed by atoms with Gasteiger partial charge in [-0.15, -0.1) is 0 Å². The third-order valence-electron chi connectivity index (χ3n) is 3.52. The van der Waals surface area contributed by atoms with Crippen LogP contribution in [0.2, 0.25) is 0 Å². The second-order valence-corrected chi connectivity index (χ2v) is 5.06. The van der Waals surface area contributed by atoms with Gasteiger partial charge in [-0.2, -0.15) is 0 Å². The molecule has 2 unspecified atom stereocenters. The molecule has 1 aliphatic heterocycles. The second-order valence-electron chi connectivity index (χ2n) is 5.06. The smallest absolute Gasteiger partial charge is 0.119 e. The monoisotopic (exact) mass is 269 g/mol. The molecule has 3 rings (SSSR count). The molecule has 4 heteroatoms. The van der Waals surface area contributed by atoms with Crippen LogP contribution in [0.15, 0.2) is 54.6 Å². The minimum absolute atomic E-state index is 0.303. The Morgan fingerprint density at radius 1 is 1.00 bits per heavy atom. The summed E-state index contributed by atoms with van der Waals surface area (Å²) < 4.78 is 5.77. The quantitative estimate of drug-likeness (QED) is 0.745. The van der Waals surface area contributed by atoms with Crippen LogP contribution in [0.3, 0.4) is 0 Å². The summed E-state index contributed by atoms with van der Waals surface area (Å²) >= 11 is 0. The summed E-state index contributed by atoms with van der Waals surface area (Å²) in [5, 5.41) is 0. The molecule has 1 aliphatic rings. The molecule has 0 aromatic heterocycles. The largest absolute Gasteiger partial charge is 0.492 e. The molecule has 0 aliphatic carbocycles. The highest BCUT2D eigenvalue weighted by atomic mass is 16.5. The van der Waals surface area contributed by atoms with E-state index >= 15 is 0 Å². The molecule has 1 heterocycles. The van der Waals surface area contributed by atoms with E-state index in [0.29, 0.717) is 18.7 Å². The molecule has 4 N–H and O–H groups in total. The molecule has 1 fully saturated rings. The van der Waals surface area contributed by atoms with Crippen molar-refractivity contribution in [3.63, 3.8) is 0 Å². The van der Waals surface area contributed by atoms with Gasteiger partial charge in [0.25, 0.3) is 0 Å². The zero-order valence-corrected chi connectivity index (χ0v) is 11.3. The van der Waals surface area contributed by atoms with Crippen LogP contribution in [0.4, 0.5) is 5.69 Å². The van der Waals surface area contributed by atoms with E-state index in [1.807, 2.05) is 30.3 Å². The van der Waals surface area contributed by atoms with Crippen LogP contribution in [0.25, 0.3) is 0 Å². The second kappa shape index (κ2) is 5.94. The fourth-order valence-corrected chi connectivity index (χ4v) is 2.40. The summed E-state index contributed by atoms with van der Waals surface area (Å²) in [5.74, 6) is 0.851. The highest BCUT2D eigenvalue weighted by Crippen LogP contribution is 2.22. The number of anilines is 1. The standard InChI is InChI=1S/C16H19N3O/c17-13-6-8-15(9-7-13)20-11-14-10-16(19-18-14)12-4-2-1-3-5-12/h1-9,14,16,18-19H,10-11,17H2. The number of rotatable bonds is 4. The lowest BCUT2D eigenvalue weighted by Gasteiger charge is -2.11.